The maximum absolute atomic E-state index is 13.5. The van der Waals surface area contributed by atoms with Gasteiger partial charge < -0.3 is 15.7 Å². The van der Waals surface area contributed by atoms with Crippen molar-refractivity contribution in [3.8, 4) is 5.75 Å². The van der Waals surface area contributed by atoms with Gasteiger partial charge in [0.25, 0.3) is 0 Å². The molecule has 2 amide bonds. The number of phenolic OH excluding ortho intramolecular Hbond substituents is 1. The maximum atomic E-state index is 13.5. The van der Waals surface area contributed by atoms with Gasteiger partial charge in [-0.2, -0.15) is 0 Å². The van der Waals surface area contributed by atoms with Crippen molar-refractivity contribution in [3.63, 3.8) is 0 Å². The Morgan fingerprint density at radius 2 is 1.32 bits per heavy atom. The minimum Gasteiger partial charge on any atom is -0.507 e. The Morgan fingerprint density at radius 1 is 0.760 bits per heavy atom. The first-order valence-electron chi connectivity index (χ1n) is 7.24. The first-order valence-corrected chi connectivity index (χ1v) is 7.24. The number of carbonyl (C=O) groups is 2. The SMILES string of the molecule is O=C(Nc1c(F)cccc1F)C(=O)Nc1cccc2c(O)cccc12. The average molecular weight is 342 g/mol. The summed E-state index contributed by atoms with van der Waals surface area (Å²) in [5.74, 6) is -4.28. The predicted molar refractivity (Wildman–Crippen MR) is 89.2 cm³/mol. The molecule has 3 N–H and O–H groups in total. The number of hydrogen-bond acceptors (Lipinski definition) is 3. The number of hydrogen-bond donors (Lipinski definition) is 3. The van der Waals surface area contributed by atoms with Crippen molar-refractivity contribution in [2.24, 2.45) is 0 Å². The number of anilines is 2. The van der Waals surface area contributed by atoms with Gasteiger partial charge in [-0.25, -0.2) is 8.78 Å². The first-order chi connectivity index (χ1) is 12.0. The molecule has 0 atom stereocenters. The summed E-state index contributed by atoms with van der Waals surface area (Å²) in [5, 5.41) is 15.1. The van der Waals surface area contributed by atoms with E-state index in [1.807, 2.05) is 5.32 Å². The normalized spacial score (nSPS) is 10.5. The summed E-state index contributed by atoms with van der Waals surface area (Å²) in [6.07, 6.45) is 0. The molecule has 0 spiro atoms. The highest BCUT2D eigenvalue weighted by Crippen LogP contribution is 2.29. The van der Waals surface area contributed by atoms with Crippen LogP contribution in [0.2, 0.25) is 0 Å². The number of nitrogens with one attached hydrogen (secondary N) is 2. The van der Waals surface area contributed by atoms with E-state index in [1.165, 1.54) is 12.1 Å². The van der Waals surface area contributed by atoms with E-state index in [0.717, 1.165) is 18.2 Å². The van der Waals surface area contributed by atoms with Crippen LogP contribution in [0.4, 0.5) is 20.2 Å². The summed E-state index contributed by atoms with van der Waals surface area (Å²) in [5.41, 5.74) is -0.416. The van der Waals surface area contributed by atoms with Gasteiger partial charge in [-0.1, -0.05) is 30.3 Å². The molecule has 0 heterocycles. The molecule has 0 aliphatic rings. The molecule has 5 nitrogen and oxygen atoms in total. The van der Waals surface area contributed by atoms with Gasteiger partial charge in [0.05, 0.1) is 0 Å². The Bertz CT molecular complexity index is 969. The lowest BCUT2D eigenvalue weighted by Crippen LogP contribution is -2.29. The summed E-state index contributed by atoms with van der Waals surface area (Å²) in [6.45, 7) is 0. The van der Waals surface area contributed by atoms with Crippen molar-refractivity contribution < 1.29 is 23.5 Å². The van der Waals surface area contributed by atoms with Crippen LogP contribution >= 0.6 is 0 Å². The fraction of sp³-hybridized carbons (Fsp3) is 0. The van der Waals surface area contributed by atoms with E-state index < -0.39 is 29.1 Å². The fourth-order valence-corrected chi connectivity index (χ4v) is 2.37. The van der Waals surface area contributed by atoms with Crippen molar-refractivity contribution in [1.29, 1.82) is 0 Å². The summed E-state index contributed by atoms with van der Waals surface area (Å²) in [6, 6.07) is 12.6. The number of benzene rings is 3. The van der Waals surface area contributed by atoms with Crippen LogP contribution in [0.25, 0.3) is 10.8 Å². The lowest BCUT2D eigenvalue weighted by molar-refractivity contribution is -0.133. The Balaban J connectivity index is 1.83. The van der Waals surface area contributed by atoms with Crippen molar-refractivity contribution in [3.05, 3.63) is 66.2 Å². The van der Waals surface area contributed by atoms with E-state index in [1.54, 1.807) is 24.3 Å². The average Bonchev–Trinajstić information content (AvgIpc) is 2.59. The Hall–Kier alpha value is -3.48. The molecular weight excluding hydrogens is 330 g/mol. The van der Waals surface area contributed by atoms with Gasteiger partial charge >= 0.3 is 11.8 Å². The quantitative estimate of drug-likeness (QED) is 0.625. The minimum atomic E-state index is -1.22. The second kappa shape index (κ2) is 6.56. The zero-order chi connectivity index (χ0) is 18.0. The highest BCUT2D eigenvalue weighted by Gasteiger charge is 2.19. The molecule has 0 saturated heterocycles. The monoisotopic (exact) mass is 342 g/mol. The third kappa shape index (κ3) is 3.25. The highest BCUT2D eigenvalue weighted by atomic mass is 19.1. The molecule has 25 heavy (non-hydrogen) atoms. The topological polar surface area (TPSA) is 78.4 Å². The van der Waals surface area contributed by atoms with Crippen LogP contribution in [0.15, 0.2) is 54.6 Å². The number of phenols is 1. The van der Waals surface area contributed by atoms with Gasteiger partial charge in [-0.15, -0.1) is 0 Å². The van der Waals surface area contributed by atoms with E-state index in [0.29, 0.717) is 10.8 Å². The standard InChI is InChI=1S/C18H12F2N2O3/c19-12-6-3-7-13(20)16(12)22-18(25)17(24)21-14-8-1-5-11-10(14)4-2-9-15(11)23/h1-9,23H,(H,21,24)(H,22,25). The zero-order valence-corrected chi connectivity index (χ0v) is 12.7. The van der Waals surface area contributed by atoms with Gasteiger partial charge in [0.2, 0.25) is 0 Å². The number of amides is 2. The molecule has 0 unspecified atom stereocenters. The maximum Gasteiger partial charge on any atom is 0.314 e. The Labute approximate surface area is 140 Å². The smallest absolute Gasteiger partial charge is 0.314 e. The largest absolute Gasteiger partial charge is 0.507 e. The van der Waals surface area contributed by atoms with Crippen molar-refractivity contribution >= 4 is 34.0 Å². The van der Waals surface area contributed by atoms with Gasteiger partial charge in [0, 0.05) is 16.5 Å². The van der Waals surface area contributed by atoms with Crippen molar-refractivity contribution in [2.45, 2.75) is 0 Å². The van der Waals surface area contributed by atoms with Crippen LogP contribution < -0.4 is 10.6 Å². The second-order valence-electron chi connectivity index (χ2n) is 5.18. The Kier molecular flexibility index (Phi) is 4.30. The Morgan fingerprint density at radius 3 is 2.04 bits per heavy atom. The van der Waals surface area contributed by atoms with Crippen molar-refractivity contribution in [1.82, 2.24) is 0 Å². The van der Waals surface area contributed by atoms with Crippen LogP contribution in [0.1, 0.15) is 0 Å². The number of rotatable bonds is 2. The molecule has 3 rings (SSSR count). The number of para-hydroxylation sites is 1. The van der Waals surface area contributed by atoms with Gasteiger partial charge in [-0.3, -0.25) is 9.59 Å². The molecule has 0 aliphatic heterocycles. The molecule has 0 saturated carbocycles. The first kappa shape index (κ1) is 16.4. The number of fused-ring (bicyclic) bond motifs is 1. The number of halogens is 2. The van der Waals surface area contributed by atoms with E-state index >= 15 is 0 Å². The van der Waals surface area contributed by atoms with E-state index in [4.69, 9.17) is 0 Å². The summed E-state index contributed by atoms with van der Waals surface area (Å²) >= 11 is 0. The molecule has 3 aromatic carbocycles. The molecule has 126 valence electrons. The fourth-order valence-electron chi connectivity index (χ4n) is 2.37. The second-order valence-corrected chi connectivity index (χ2v) is 5.18. The van der Waals surface area contributed by atoms with Crippen LogP contribution in [0, 0.1) is 11.6 Å². The molecule has 3 aromatic rings. The predicted octanol–water partition coefficient (Wildman–Crippen LogP) is 3.40. The van der Waals surface area contributed by atoms with E-state index in [9.17, 15) is 23.5 Å². The lowest BCUT2D eigenvalue weighted by atomic mass is 10.1. The molecule has 0 bridgehead atoms. The van der Waals surface area contributed by atoms with Crippen LogP contribution in [-0.2, 0) is 9.59 Å². The van der Waals surface area contributed by atoms with Crippen LogP contribution in [-0.4, -0.2) is 16.9 Å². The highest BCUT2D eigenvalue weighted by molar-refractivity contribution is 6.44. The molecule has 0 radical (unpaired) electrons. The minimum absolute atomic E-state index is 0.0199. The van der Waals surface area contributed by atoms with Gasteiger partial charge in [0.15, 0.2) is 0 Å². The molecule has 0 fully saturated rings. The van der Waals surface area contributed by atoms with Crippen LogP contribution in [0.5, 0.6) is 5.75 Å². The summed E-state index contributed by atoms with van der Waals surface area (Å²) in [4.78, 5) is 24.0. The van der Waals surface area contributed by atoms with E-state index in [2.05, 4.69) is 5.32 Å². The molecular formula is C18H12F2N2O3. The summed E-state index contributed by atoms with van der Waals surface area (Å²) < 4.78 is 27.1. The third-order valence-corrected chi connectivity index (χ3v) is 3.55. The molecule has 0 aromatic heterocycles. The van der Waals surface area contributed by atoms with Crippen LogP contribution in [0.3, 0.4) is 0 Å². The van der Waals surface area contributed by atoms with E-state index in [-0.39, 0.29) is 11.4 Å². The third-order valence-electron chi connectivity index (χ3n) is 3.55. The number of aromatic hydroxyl groups is 1. The zero-order valence-electron chi connectivity index (χ0n) is 12.7. The molecule has 7 heteroatoms. The van der Waals surface area contributed by atoms with Gasteiger partial charge in [-0.05, 0) is 24.3 Å². The number of carbonyl (C=O) groups excluding carboxylic acids is 2. The van der Waals surface area contributed by atoms with Crippen molar-refractivity contribution in [2.75, 3.05) is 10.6 Å². The van der Waals surface area contributed by atoms with Gasteiger partial charge in [0.1, 0.15) is 23.1 Å². The summed E-state index contributed by atoms with van der Waals surface area (Å²) in [7, 11) is 0. The molecule has 0 aliphatic carbocycles. The lowest BCUT2D eigenvalue weighted by Gasteiger charge is -2.10.